The van der Waals surface area contributed by atoms with Crippen molar-refractivity contribution in [1.82, 2.24) is 9.80 Å². The van der Waals surface area contributed by atoms with Crippen LogP contribution in [-0.2, 0) is 22.6 Å². The van der Waals surface area contributed by atoms with Crippen molar-refractivity contribution >= 4 is 41.2 Å². The lowest BCUT2D eigenvalue weighted by Crippen LogP contribution is -2.52. The van der Waals surface area contributed by atoms with Crippen LogP contribution in [0.1, 0.15) is 27.0 Å². The molecule has 0 radical (unpaired) electrons. The number of allylic oxidation sites excluding steroid dienone is 1. The van der Waals surface area contributed by atoms with Crippen molar-refractivity contribution in [2.45, 2.75) is 13.0 Å². The second kappa shape index (κ2) is 10.3. The molecule has 1 aliphatic rings. The van der Waals surface area contributed by atoms with E-state index in [1.165, 1.54) is 49.2 Å². The molecular formula is C25H24N2O6S. The van der Waals surface area contributed by atoms with Crippen molar-refractivity contribution < 1.29 is 29.0 Å². The molecule has 2 amide bonds. The topological polar surface area (TPSA) is 96.4 Å². The lowest BCUT2D eigenvalue weighted by Gasteiger charge is -2.31. The highest BCUT2D eigenvalue weighted by atomic mass is 32.1. The first-order chi connectivity index (χ1) is 16.2. The summed E-state index contributed by atoms with van der Waals surface area (Å²) in [5, 5.41) is 9.19. The third-order valence-corrected chi connectivity index (χ3v) is 5.83. The van der Waals surface area contributed by atoms with Gasteiger partial charge in [0.05, 0.1) is 12.7 Å². The van der Waals surface area contributed by atoms with E-state index >= 15 is 0 Å². The zero-order valence-electron chi connectivity index (χ0n) is 19.0. The van der Waals surface area contributed by atoms with Crippen molar-refractivity contribution in [3.05, 3.63) is 76.9 Å². The zero-order valence-corrected chi connectivity index (χ0v) is 19.8. The van der Waals surface area contributed by atoms with E-state index in [1.807, 2.05) is 0 Å². The number of benzene rings is 2. The number of carbonyl (C=O) groups excluding carboxylic acids is 2. The molecule has 3 rings (SSSR count). The van der Waals surface area contributed by atoms with Crippen molar-refractivity contribution in [1.29, 1.82) is 0 Å². The van der Waals surface area contributed by atoms with Gasteiger partial charge in [-0.25, -0.2) is 4.79 Å². The predicted molar refractivity (Wildman–Crippen MR) is 131 cm³/mol. The van der Waals surface area contributed by atoms with Gasteiger partial charge in [-0.05, 0) is 60.1 Å². The summed E-state index contributed by atoms with van der Waals surface area (Å²) in [5.74, 6) is -1.06. The van der Waals surface area contributed by atoms with Crippen molar-refractivity contribution in [2.24, 2.45) is 0 Å². The first kappa shape index (κ1) is 24.7. The molecule has 0 unspecified atom stereocenters. The maximum absolute atomic E-state index is 12.7. The van der Waals surface area contributed by atoms with E-state index in [4.69, 9.17) is 26.8 Å². The first-order valence-corrected chi connectivity index (χ1v) is 10.7. The Balaban J connectivity index is 1.95. The van der Waals surface area contributed by atoms with Gasteiger partial charge in [0.15, 0.2) is 16.6 Å². The highest BCUT2D eigenvalue weighted by Crippen LogP contribution is 2.35. The molecule has 2 aromatic rings. The quantitative estimate of drug-likeness (QED) is 0.268. The molecule has 176 valence electrons. The lowest BCUT2D eigenvalue weighted by molar-refractivity contribution is -0.132. The van der Waals surface area contributed by atoms with Crippen LogP contribution < -0.4 is 9.47 Å². The number of methoxy groups -OCH3 is 1. The number of rotatable bonds is 8. The second-order valence-corrected chi connectivity index (χ2v) is 7.93. The van der Waals surface area contributed by atoms with Gasteiger partial charge in [-0.1, -0.05) is 18.2 Å². The fourth-order valence-electron chi connectivity index (χ4n) is 3.43. The molecule has 1 saturated heterocycles. The Kier molecular flexibility index (Phi) is 7.47. The third kappa shape index (κ3) is 4.99. The minimum absolute atomic E-state index is 0.0163. The summed E-state index contributed by atoms with van der Waals surface area (Å²) in [6.07, 6.45) is 3.66. The molecule has 2 aromatic carbocycles. The molecule has 1 fully saturated rings. The van der Waals surface area contributed by atoms with E-state index in [0.29, 0.717) is 23.5 Å². The Labute approximate surface area is 202 Å². The summed E-state index contributed by atoms with van der Waals surface area (Å²) in [6.45, 7) is 3.98. The van der Waals surface area contributed by atoms with Crippen LogP contribution in [0.2, 0.25) is 0 Å². The van der Waals surface area contributed by atoms with Gasteiger partial charge in [0, 0.05) is 19.7 Å². The number of amides is 2. The van der Waals surface area contributed by atoms with E-state index in [-0.39, 0.29) is 22.9 Å². The van der Waals surface area contributed by atoms with Crippen LogP contribution in [0.4, 0.5) is 0 Å². The largest absolute Gasteiger partial charge is 0.493 e. The molecule has 1 heterocycles. The summed E-state index contributed by atoms with van der Waals surface area (Å²) in [5.41, 5.74) is 2.28. The normalized spacial score (nSPS) is 13.7. The van der Waals surface area contributed by atoms with Crippen molar-refractivity contribution in [3.8, 4) is 11.5 Å². The molecule has 0 atom stereocenters. The summed E-state index contributed by atoms with van der Waals surface area (Å²) in [4.78, 5) is 38.9. The summed E-state index contributed by atoms with van der Waals surface area (Å²) in [6, 6.07) is 9.86. The third-order valence-electron chi connectivity index (χ3n) is 5.28. The van der Waals surface area contributed by atoms with Crippen LogP contribution in [0.15, 0.2) is 54.6 Å². The molecule has 0 aromatic heterocycles. The van der Waals surface area contributed by atoms with Crippen LogP contribution in [-0.4, -0.2) is 59.0 Å². The van der Waals surface area contributed by atoms with E-state index < -0.39 is 17.8 Å². The number of carbonyl (C=O) groups is 3. The van der Waals surface area contributed by atoms with Gasteiger partial charge in [-0.15, -0.1) is 6.58 Å². The number of nitrogens with zero attached hydrogens (tertiary/aromatic N) is 2. The van der Waals surface area contributed by atoms with E-state index in [0.717, 1.165) is 11.1 Å². The molecule has 9 heteroatoms. The molecule has 0 aliphatic carbocycles. The number of likely N-dealkylation sites (N-methyl/N-ethyl adjacent to an activating group) is 2. The number of carboxylic acid groups (broad SMARTS) is 1. The van der Waals surface area contributed by atoms with Crippen LogP contribution in [0.5, 0.6) is 11.5 Å². The minimum Gasteiger partial charge on any atom is -0.493 e. The molecule has 0 bridgehead atoms. The van der Waals surface area contributed by atoms with Gasteiger partial charge in [0.1, 0.15) is 12.2 Å². The highest BCUT2D eigenvalue weighted by Gasteiger charge is 2.35. The highest BCUT2D eigenvalue weighted by molar-refractivity contribution is 7.80. The summed E-state index contributed by atoms with van der Waals surface area (Å²) < 4.78 is 11.6. The molecule has 8 nitrogen and oxygen atoms in total. The van der Waals surface area contributed by atoms with Crippen LogP contribution >= 0.6 is 12.2 Å². The molecule has 34 heavy (non-hydrogen) atoms. The number of hydrogen-bond donors (Lipinski definition) is 1. The van der Waals surface area contributed by atoms with Gasteiger partial charge in [-0.3, -0.25) is 19.4 Å². The van der Waals surface area contributed by atoms with Crippen LogP contribution in [0, 0.1) is 0 Å². The van der Waals surface area contributed by atoms with E-state index in [2.05, 4.69) is 6.58 Å². The lowest BCUT2D eigenvalue weighted by atomic mass is 10.0. The Morgan fingerprint density at radius 1 is 1.12 bits per heavy atom. The molecular weight excluding hydrogens is 456 g/mol. The average molecular weight is 481 g/mol. The van der Waals surface area contributed by atoms with Gasteiger partial charge in [0.25, 0.3) is 11.8 Å². The van der Waals surface area contributed by atoms with Crippen molar-refractivity contribution in [2.75, 3.05) is 21.2 Å². The first-order valence-electron chi connectivity index (χ1n) is 10.3. The maximum atomic E-state index is 12.7. The van der Waals surface area contributed by atoms with Crippen molar-refractivity contribution in [3.63, 3.8) is 0 Å². The fraction of sp³-hybridized carbons (Fsp3) is 0.200. The van der Waals surface area contributed by atoms with Gasteiger partial charge >= 0.3 is 5.97 Å². The average Bonchev–Trinajstić information content (AvgIpc) is 2.83. The number of thiocarbonyl (C=S) groups is 1. The standard InChI is InChI=1S/C25H24N2O6S/c1-5-6-18-11-16(12-19-22(28)26(2)25(34)27(3)23(19)29)13-20(32-4)21(18)33-14-15-7-9-17(10-8-15)24(30)31/h5,7-13H,1,6,14H2,2-4H3,(H,30,31). The number of aromatic carboxylic acids is 1. The van der Waals surface area contributed by atoms with Crippen LogP contribution in [0.25, 0.3) is 6.08 Å². The SMILES string of the molecule is C=CCc1cc(C=C2C(=O)N(C)C(=S)N(C)C2=O)cc(OC)c1OCc1ccc(C(=O)O)cc1. The van der Waals surface area contributed by atoms with E-state index in [9.17, 15) is 14.4 Å². The predicted octanol–water partition coefficient (Wildman–Crippen LogP) is 3.30. The van der Waals surface area contributed by atoms with E-state index in [1.54, 1.807) is 30.3 Å². The Morgan fingerprint density at radius 3 is 2.26 bits per heavy atom. The Morgan fingerprint density at radius 2 is 1.74 bits per heavy atom. The van der Waals surface area contributed by atoms with Gasteiger partial charge < -0.3 is 14.6 Å². The maximum Gasteiger partial charge on any atom is 0.335 e. The Hall–Kier alpha value is -3.98. The van der Waals surface area contributed by atoms with Gasteiger partial charge in [0.2, 0.25) is 0 Å². The summed E-state index contributed by atoms with van der Waals surface area (Å²) >= 11 is 5.13. The number of ether oxygens (including phenoxy) is 2. The minimum atomic E-state index is -0.999. The molecule has 0 saturated carbocycles. The zero-order chi connectivity index (χ0) is 25.0. The number of carboxylic acids is 1. The van der Waals surface area contributed by atoms with Gasteiger partial charge in [-0.2, -0.15) is 0 Å². The fourth-order valence-corrected chi connectivity index (χ4v) is 3.60. The van der Waals surface area contributed by atoms with Crippen LogP contribution in [0.3, 0.4) is 0 Å². The molecule has 0 spiro atoms. The second-order valence-electron chi connectivity index (χ2n) is 7.56. The monoisotopic (exact) mass is 480 g/mol. The molecule has 1 N–H and O–H groups in total. The molecule has 1 aliphatic heterocycles. The smallest absolute Gasteiger partial charge is 0.335 e. The number of hydrogen-bond acceptors (Lipinski definition) is 6. The Bertz CT molecular complexity index is 1180. The summed E-state index contributed by atoms with van der Waals surface area (Å²) in [7, 11) is 4.53.